The fraction of sp³-hybridized carbons (Fsp3) is 0.273. The van der Waals surface area contributed by atoms with E-state index in [2.05, 4.69) is 5.32 Å². The zero-order valence-corrected chi connectivity index (χ0v) is 9.22. The molecule has 0 aliphatic rings. The molecule has 0 aliphatic heterocycles. The van der Waals surface area contributed by atoms with Crippen LogP contribution in [0.25, 0.3) is 0 Å². The van der Waals surface area contributed by atoms with E-state index < -0.39 is 0 Å². The number of ether oxygens (including phenoxy) is 1. The molecule has 4 heteroatoms. The molecule has 0 fully saturated rings. The third kappa shape index (κ3) is 3.90. The van der Waals surface area contributed by atoms with E-state index in [0.29, 0.717) is 6.54 Å². The highest BCUT2D eigenvalue weighted by Gasteiger charge is 2.03. The summed E-state index contributed by atoms with van der Waals surface area (Å²) >= 11 is 5.31. The predicted octanol–water partition coefficient (Wildman–Crippen LogP) is 2.68. The van der Waals surface area contributed by atoms with Gasteiger partial charge in [0.25, 0.3) is 0 Å². The van der Waals surface area contributed by atoms with Gasteiger partial charge in [-0.25, -0.2) is 4.39 Å². The Hall–Kier alpha value is -1.06. The van der Waals surface area contributed by atoms with Gasteiger partial charge in [0.1, 0.15) is 6.61 Å². The first-order valence-electron chi connectivity index (χ1n) is 4.59. The summed E-state index contributed by atoms with van der Waals surface area (Å²) in [6.07, 6.45) is 1.60. The molecule has 0 atom stereocenters. The molecular formula is C11H13ClFNO. The van der Waals surface area contributed by atoms with E-state index in [4.69, 9.17) is 16.3 Å². The second kappa shape index (κ2) is 6.43. The maximum Gasteiger partial charge on any atom is 0.165 e. The topological polar surface area (TPSA) is 21.3 Å². The van der Waals surface area contributed by atoms with Crippen molar-refractivity contribution in [2.75, 3.05) is 13.7 Å². The molecule has 0 saturated heterocycles. The summed E-state index contributed by atoms with van der Waals surface area (Å²) < 4.78 is 18.5. The van der Waals surface area contributed by atoms with Gasteiger partial charge in [0, 0.05) is 12.1 Å². The molecule has 1 N–H and O–H groups in total. The Kier molecular flexibility index (Phi) is 5.15. The second-order valence-corrected chi connectivity index (χ2v) is 3.22. The third-order valence-corrected chi connectivity index (χ3v) is 1.98. The Morgan fingerprint density at radius 3 is 2.93 bits per heavy atom. The van der Waals surface area contributed by atoms with Crippen molar-refractivity contribution < 1.29 is 9.13 Å². The van der Waals surface area contributed by atoms with Crippen LogP contribution in [0.15, 0.2) is 29.8 Å². The van der Waals surface area contributed by atoms with E-state index in [0.717, 1.165) is 5.56 Å². The van der Waals surface area contributed by atoms with Crippen molar-refractivity contribution in [1.29, 1.82) is 0 Å². The van der Waals surface area contributed by atoms with Gasteiger partial charge in [0.15, 0.2) is 11.6 Å². The SMILES string of the molecule is CNCc1ccc(OC/C=C/Cl)c(F)c1. The summed E-state index contributed by atoms with van der Waals surface area (Å²) in [5.41, 5.74) is 2.23. The monoisotopic (exact) mass is 229 g/mol. The van der Waals surface area contributed by atoms with E-state index in [1.807, 2.05) is 13.1 Å². The first-order valence-corrected chi connectivity index (χ1v) is 5.02. The maximum absolute atomic E-state index is 13.4. The van der Waals surface area contributed by atoms with Gasteiger partial charge >= 0.3 is 0 Å². The number of hydrogen-bond acceptors (Lipinski definition) is 2. The van der Waals surface area contributed by atoms with Crippen LogP contribution in [0.1, 0.15) is 5.56 Å². The average Bonchev–Trinajstić information content (AvgIpc) is 2.22. The van der Waals surface area contributed by atoms with Gasteiger partial charge in [-0.15, -0.1) is 0 Å². The zero-order chi connectivity index (χ0) is 11.1. The number of rotatable bonds is 5. The van der Waals surface area contributed by atoms with Crippen molar-refractivity contribution in [2.24, 2.45) is 0 Å². The molecule has 0 aliphatic carbocycles. The summed E-state index contributed by atoms with van der Waals surface area (Å²) in [6, 6.07) is 4.89. The minimum Gasteiger partial charge on any atom is -0.486 e. The molecule has 1 aromatic rings. The van der Waals surface area contributed by atoms with Crippen LogP contribution in [-0.2, 0) is 6.54 Å². The molecule has 0 heterocycles. The number of nitrogens with one attached hydrogen (secondary N) is 1. The van der Waals surface area contributed by atoms with E-state index in [9.17, 15) is 4.39 Å². The lowest BCUT2D eigenvalue weighted by Gasteiger charge is -2.06. The molecule has 0 radical (unpaired) electrons. The molecule has 0 bridgehead atoms. The van der Waals surface area contributed by atoms with Crippen LogP contribution in [0.3, 0.4) is 0 Å². The van der Waals surface area contributed by atoms with Crippen LogP contribution < -0.4 is 10.1 Å². The molecule has 15 heavy (non-hydrogen) atoms. The maximum atomic E-state index is 13.4. The summed E-state index contributed by atoms with van der Waals surface area (Å²) in [4.78, 5) is 0. The molecule has 0 amide bonds. The second-order valence-electron chi connectivity index (χ2n) is 2.97. The minimum atomic E-state index is -0.356. The third-order valence-electron chi connectivity index (χ3n) is 1.80. The highest BCUT2D eigenvalue weighted by molar-refractivity contribution is 6.25. The molecule has 2 nitrogen and oxygen atoms in total. The fourth-order valence-corrected chi connectivity index (χ4v) is 1.22. The highest BCUT2D eigenvalue weighted by Crippen LogP contribution is 2.18. The summed E-state index contributed by atoms with van der Waals surface area (Å²) in [7, 11) is 1.81. The van der Waals surface area contributed by atoms with Crippen LogP contribution in [0.5, 0.6) is 5.75 Å². The van der Waals surface area contributed by atoms with E-state index >= 15 is 0 Å². The van der Waals surface area contributed by atoms with Crippen LogP contribution in [-0.4, -0.2) is 13.7 Å². The van der Waals surface area contributed by atoms with Crippen molar-refractivity contribution in [2.45, 2.75) is 6.54 Å². The first-order chi connectivity index (χ1) is 7.27. The molecular weight excluding hydrogens is 217 g/mol. The Labute approximate surface area is 93.7 Å². The van der Waals surface area contributed by atoms with Gasteiger partial charge in [-0.2, -0.15) is 0 Å². The van der Waals surface area contributed by atoms with Crippen molar-refractivity contribution in [3.05, 3.63) is 41.2 Å². The van der Waals surface area contributed by atoms with Gasteiger partial charge in [-0.1, -0.05) is 17.7 Å². The lowest BCUT2D eigenvalue weighted by Crippen LogP contribution is -2.05. The standard InChI is InChI=1S/C11H13ClFNO/c1-14-8-9-3-4-11(10(13)7-9)15-6-2-5-12/h2-5,7,14H,6,8H2,1H3/b5-2+. The Balaban J connectivity index is 2.65. The Bertz CT molecular complexity index is 341. The van der Waals surface area contributed by atoms with Crippen molar-refractivity contribution in [3.63, 3.8) is 0 Å². The van der Waals surface area contributed by atoms with Crippen LogP contribution in [0.4, 0.5) is 4.39 Å². The summed E-state index contributed by atoms with van der Waals surface area (Å²) in [5.74, 6) is -0.115. The summed E-state index contributed by atoms with van der Waals surface area (Å²) in [5, 5.41) is 2.95. The molecule has 0 unspecified atom stereocenters. The summed E-state index contributed by atoms with van der Waals surface area (Å²) in [6.45, 7) is 0.907. The van der Waals surface area contributed by atoms with Crippen LogP contribution in [0.2, 0.25) is 0 Å². The normalized spacial score (nSPS) is 10.9. The first kappa shape index (κ1) is 12.0. The highest BCUT2D eigenvalue weighted by atomic mass is 35.5. The molecule has 0 saturated carbocycles. The van der Waals surface area contributed by atoms with Crippen molar-refractivity contribution in [3.8, 4) is 5.75 Å². The average molecular weight is 230 g/mol. The molecule has 1 aromatic carbocycles. The Morgan fingerprint density at radius 2 is 2.33 bits per heavy atom. The lowest BCUT2D eigenvalue weighted by atomic mass is 10.2. The number of hydrogen-bond donors (Lipinski definition) is 1. The van der Waals surface area contributed by atoms with Crippen LogP contribution in [0, 0.1) is 5.82 Å². The van der Waals surface area contributed by atoms with Crippen molar-refractivity contribution in [1.82, 2.24) is 5.32 Å². The molecule has 82 valence electrons. The van der Waals surface area contributed by atoms with E-state index in [1.54, 1.807) is 12.1 Å². The van der Waals surface area contributed by atoms with Gasteiger partial charge in [0.2, 0.25) is 0 Å². The molecule has 0 aromatic heterocycles. The Morgan fingerprint density at radius 1 is 1.53 bits per heavy atom. The minimum absolute atomic E-state index is 0.240. The predicted molar refractivity (Wildman–Crippen MR) is 59.7 cm³/mol. The lowest BCUT2D eigenvalue weighted by molar-refractivity contribution is 0.341. The van der Waals surface area contributed by atoms with Crippen molar-refractivity contribution >= 4 is 11.6 Å². The smallest absolute Gasteiger partial charge is 0.165 e. The fourth-order valence-electron chi connectivity index (χ4n) is 1.15. The van der Waals surface area contributed by atoms with E-state index in [-0.39, 0.29) is 18.2 Å². The molecule has 1 rings (SSSR count). The zero-order valence-electron chi connectivity index (χ0n) is 8.47. The van der Waals surface area contributed by atoms with Gasteiger partial charge < -0.3 is 10.1 Å². The van der Waals surface area contributed by atoms with Crippen LogP contribution >= 0.6 is 11.6 Å². The number of benzene rings is 1. The number of halogens is 2. The van der Waals surface area contributed by atoms with E-state index in [1.165, 1.54) is 11.6 Å². The van der Waals surface area contributed by atoms with Gasteiger partial charge in [-0.3, -0.25) is 0 Å². The molecule has 0 spiro atoms. The quantitative estimate of drug-likeness (QED) is 0.838. The van der Waals surface area contributed by atoms with Gasteiger partial charge in [-0.05, 0) is 30.8 Å². The van der Waals surface area contributed by atoms with Gasteiger partial charge in [0.05, 0.1) is 0 Å². The largest absolute Gasteiger partial charge is 0.486 e.